The Balaban J connectivity index is 1.95. The number of rotatable bonds is 6. The Morgan fingerprint density at radius 2 is 1.65 bits per heavy atom. The molecule has 0 aliphatic carbocycles. The van der Waals surface area contributed by atoms with Gasteiger partial charge in [0, 0.05) is 28.6 Å². The molecule has 2 aromatic carbocycles. The van der Waals surface area contributed by atoms with Crippen molar-refractivity contribution in [2.75, 3.05) is 12.4 Å². The van der Waals surface area contributed by atoms with Crippen LogP contribution in [0.25, 0.3) is 0 Å². The van der Waals surface area contributed by atoms with Gasteiger partial charge in [-0.15, -0.1) is 0 Å². The van der Waals surface area contributed by atoms with Crippen LogP contribution in [-0.2, 0) is 4.79 Å². The van der Waals surface area contributed by atoms with Gasteiger partial charge in [0.05, 0.1) is 12.7 Å². The van der Waals surface area contributed by atoms with Gasteiger partial charge in [0.15, 0.2) is 5.78 Å². The van der Waals surface area contributed by atoms with Gasteiger partial charge in [0.25, 0.3) is 0 Å². The largest absolute Gasteiger partial charge is 0.496 e. The minimum Gasteiger partial charge on any atom is -0.496 e. The summed E-state index contributed by atoms with van der Waals surface area (Å²) in [5.41, 5.74) is 1.01. The summed E-state index contributed by atoms with van der Waals surface area (Å²) in [7, 11) is 1.48. The maximum Gasteiger partial charge on any atom is 0.224 e. The van der Waals surface area contributed by atoms with Crippen LogP contribution in [0.15, 0.2) is 42.5 Å². The molecule has 0 saturated heterocycles. The van der Waals surface area contributed by atoms with Crippen molar-refractivity contribution in [2.24, 2.45) is 0 Å². The summed E-state index contributed by atoms with van der Waals surface area (Å²) in [4.78, 5) is 24.1. The van der Waals surface area contributed by atoms with Crippen molar-refractivity contribution in [3.63, 3.8) is 0 Å². The third-order valence-electron chi connectivity index (χ3n) is 3.17. The van der Waals surface area contributed by atoms with Crippen molar-refractivity contribution in [3.8, 4) is 5.75 Å². The molecule has 2 rings (SSSR count). The van der Waals surface area contributed by atoms with E-state index in [0.29, 0.717) is 27.0 Å². The van der Waals surface area contributed by atoms with E-state index >= 15 is 0 Å². The van der Waals surface area contributed by atoms with Gasteiger partial charge < -0.3 is 10.1 Å². The summed E-state index contributed by atoms with van der Waals surface area (Å²) in [6, 6.07) is 11.6. The number of Topliss-reactive ketones (excluding diaryl/α,β-unsaturated/α-hetero) is 1. The molecule has 0 spiro atoms. The van der Waals surface area contributed by atoms with Crippen LogP contribution < -0.4 is 10.1 Å². The molecule has 23 heavy (non-hydrogen) atoms. The van der Waals surface area contributed by atoms with Gasteiger partial charge in [-0.3, -0.25) is 9.59 Å². The van der Waals surface area contributed by atoms with Crippen molar-refractivity contribution < 1.29 is 14.3 Å². The number of amides is 1. The Morgan fingerprint density at radius 3 is 2.30 bits per heavy atom. The first-order chi connectivity index (χ1) is 11.0. The zero-order chi connectivity index (χ0) is 16.8. The molecule has 0 heterocycles. The van der Waals surface area contributed by atoms with E-state index in [4.69, 9.17) is 27.9 Å². The quantitative estimate of drug-likeness (QED) is 0.773. The predicted molar refractivity (Wildman–Crippen MR) is 91.7 cm³/mol. The third-order valence-corrected chi connectivity index (χ3v) is 3.66. The van der Waals surface area contributed by atoms with Crippen LogP contribution in [-0.4, -0.2) is 18.8 Å². The molecule has 0 saturated carbocycles. The molecule has 6 heteroatoms. The van der Waals surface area contributed by atoms with Gasteiger partial charge in [0.2, 0.25) is 5.91 Å². The Labute approximate surface area is 144 Å². The van der Waals surface area contributed by atoms with Gasteiger partial charge >= 0.3 is 0 Å². The highest BCUT2D eigenvalue weighted by Crippen LogP contribution is 2.24. The second-order valence-electron chi connectivity index (χ2n) is 4.82. The number of methoxy groups -OCH3 is 1. The average molecular weight is 352 g/mol. The van der Waals surface area contributed by atoms with Crippen molar-refractivity contribution in [3.05, 3.63) is 58.1 Å². The fraction of sp³-hybridized carbons (Fsp3) is 0.176. The number of benzene rings is 2. The molecule has 0 atom stereocenters. The molecule has 0 radical (unpaired) electrons. The van der Waals surface area contributed by atoms with Crippen LogP contribution in [0.4, 0.5) is 5.69 Å². The number of carbonyl (C=O) groups excluding carboxylic acids is 2. The normalized spacial score (nSPS) is 10.2. The van der Waals surface area contributed by atoms with E-state index in [1.807, 2.05) is 0 Å². The number of halogens is 2. The van der Waals surface area contributed by atoms with Crippen molar-refractivity contribution in [1.82, 2.24) is 0 Å². The molecular formula is C17H15Cl2NO3. The van der Waals surface area contributed by atoms with Crippen LogP contribution in [0.1, 0.15) is 23.2 Å². The smallest absolute Gasteiger partial charge is 0.224 e. The first-order valence-corrected chi connectivity index (χ1v) is 7.67. The maximum atomic E-state index is 12.2. The SMILES string of the molecule is COc1ccc(Cl)cc1C(=O)CCC(=O)Nc1ccc(Cl)cc1. The number of anilines is 1. The molecule has 0 aliphatic rings. The van der Waals surface area contributed by atoms with Gasteiger partial charge in [-0.25, -0.2) is 0 Å². The van der Waals surface area contributed by atoms with E-state index in [2.05, 4.69) is 5.32 Å². The monoisotopic (exact) mass is 351 g/mol. The minimum atomic E-state index is -0.248. The zero-order valence-electron chi connectivity index (χ0n) is 12.4. The molecule has 0 aliphatic heterocycles. The lowest BCUT2D eigenvalue weighted by Crippen LogP contribution is -2.13. The average Bonchev–Trinajstić information content (AvgIpc) is 2.54. The van der Waals surface area contributed by atoms with E-state index in [1.54, 1.807) is 42.5 Å². The molecule has 4 nitrogen and oxygen atoms in total. The zero-order valence-corrected chi connectivity index (χ0v) is 13.9. The Kier molecular flexibility index (Phi) is 6.02. The molecular weight excluding hydrogens is 337 g/mol. The van der Waals surface area contributed by atoms with Crippen molar-refractivity contribution in [1.29, 1.82) is 0 Å². The van der Waals surface area contributed by atoms with Crippen molar-refractivity contribution in [2.45, 2.75) is 12.8 Å². The first-order valence-electron chi connectivity index (χ1n) is 6.92. The van der Waals surface area contributed by atoms with E-state index in [-0.39, 0.29) is 24.5 Å². The maximum absolute atomic E-state index is 12.2. The van der Waals surface area contributed by atoms with E-state index in [0.717, 1.165) is 0 Å². The van der Waals surface area contributed by atoms with E-state index in [9.17, 15) is 9.59 Å². The van der Waals surface area contributed by atoms with Crippen molar-refractivity contribution >= 4 is 40.6 Å². The number of hydrogen-bond donors (Lipinski definition) is 1. The van der Waals surface area contributed by atoms with Gasteiger partial charge in [-0.05, 0) is 42.5 Å². The van der Waals surface area contributed by atoms with E-state index in [1.165, 1.54) is 7.11 Å². The molecule has 0 unspecified atom stereocenters. The summed E-state index contributed by atoms with van der Waals surface area (Å²) in [6.07, 6.45) is 0.132. The lowest BCUT2D eigenvalue weighted by atomic mass is 10.1. The molecule has 120 valence electrons. The van der Waals surface area contributed by atoms with Crippen LogP contribution in [0.2, 0.25) is 10.0 Å². The number of hydrogen-bond acceptors (Lipinski definition) is 3. The molecule has 1 amide bonds. The van der Waals surface area contributed by atoms with Gasteiger partial charge in [0.1, 0.15) is 5.75 Å². The summed E-state index contributed by atoms with van der Waals surface area (Å²) in [5.74, 6) is -0.00483. The second kappa shape index (κ2) is 7.99. The third kappa shape index (κ3) is 4.98. The first kappa shape index (κ1) is 17.3. The van der Waals surface area contributed by atoms with Crippen LogP contribution >= 0.6 is 23.2 Å². The fourth-order valence-corrected chi connectivity index (χ4v) is 2.31. The Bertz CT molecular complexity index is 714. The number of carbonyl (C=O) groups is 2. The van der Waals surface area contributed by atoms with Crippen LogP contribution in [0.5, 0.6) is 5.75 Å². The standard InChI is InChI=1S/C17H15Cl2NO3/c1-23-16-8-4-12(19)10-14(16)15(21)7-9-17(22)20-13-5-2-11(18)3-6-13/h2-6,8,10H,7,9H2,1H3,(H,20,22). The summed E-state index contributed by atoms with van der Waals surface area (Å²) < 4.78 is 5.14. The fourth-order valence-electron chi connectivity index (χ4n) is 2.02. The lowest BCUT2D eigenvalue weighted by Gasteiger charge is -2.08. The minimum absolute atomic E-state index is 0.0656. The van der Waals surface area contributed by atoms with Crippen LogP contribution in [0.3, 0.4) is 0 Å². The number of ketones is 1. The summed E-state index contributed by atoms with van der Waals surface area (Å²) >= 11 is 11.7. The summed E-state index contributed by atoms with van der Waals surface area (Å²) in [6.45, 7) is 0. The van der Waals surface area contributed by atoms with Gasteiger partial charge in [-0.2, -0.15) is 0 Å². The van der Waals surface area contributed by atoms with Gasteiger partial charge in [-0.1, -0.05) is 23.2 Å². The lowest BCUT2D eigenvalue weighted by molar-refractivity contribution is -0.116. The Morgan fingerprint density at radius 1 is 1.00 bits per heavy atom. The number of nitrogens with one attached hydrogen (secondary N) is 1. The molecule has 1 N–H and O–H groups in total. The Hall–Kier alpha value is -2.04. The second-order valence-corrected chi connectivity index (χ2v) is 5.70. The highest BCUT2D eigenvalue weighted by molar-refractivity contribution is 6.31. The molecule has 0 fully saturated rings. The topological polar surface area (TPSA) is 55.4 Å². The predicted octanol–water partition coefficient (Wildman–Crippen LogP) is 4.60. The molecule has 2 aromatic rings. The molecule has 0 aromatic heterocycles. The highest BCUT2D eigenvalue weighted by atomic mass is 35.5. The summed E-state index contributed by atoms with van der Waals surface area (Å²) in [5, 5.41) is 3.74. The molecule has 0 bridgehead atoms. The number of ether oxygens (including phenoxy) is 1. The van der Waals surface area contributed by atoms with Crippen LogP contribution in [0, 0.1) is 0 Å². The van der Waals surface area contributed by atoms with E-state index < -0.39 is 0 Å². The highest BCUT2D eigenvalue weighted by Gasteiger charge is 2.14.